The summed E-state index contributed by atoms with van der Waals surface area (Å²) in [5.74, 6) is 0. The maximum Gasteiger partial charge on any atom is 0.0762 e. The van der Waals surface area contributed by atoms with Crippen LogP contribution in [0.4, 0.5) is 17.1 Å². The van der Waals surface area contributed by atoms with Crippen molar-refractivity contribution in [2.45, 2.75) is 16.3 Å². The predicted octanol–water partition coefficient (Wildman–Crippen LogP) is 5.51. The van der Waals surface area contributed by atoms with Crippen molar-refractivity contribution in [3.05, 3.63) is 78.4 Å². The average molecular weight is 304 g/mol. The van der Waals surface area contributed by atoms with E-state index in [9.17, 15) is 0 Å². The summed E-state index contributed by atoms with van der Waals surface area (Å²) < 4.78 is 0. The van der Waals surface area contributed by atoms with E-state index in [4.69, 9.17) is 0 Å². The van der Waals surface area contributed by atoms with Crippen molar-refractivity contribution in [3.8, 4) is 0 Å². The molecular formula is C19H16N2S. The SMILES string of the molecule is c1ccc(CNc2cccc3c2Nc2ccccc2S3)cc1. The number of fused-ring (bicyclic) bond motifs is 2. The number of rotatable bonds is 3. The molecule has 0 unspecified atom stereocenters. The van der Waals surface area contributed by atoms with Crippen molar-refractivity contribution in [3.63, 3.8) is 0 Å². The van der Waals surface area contributed by atoms with Gasteiger partial charge in [-0.1, -0.05) is 60.3 Å². The Kier molecular flexibility index (Phi) is 3.49. The van der Waals surface area contributed by atoms with Crippen LogP contribution in [0.2, 0.25) is 0 Å². The zero-order chi connectivity index (χ0) is 14.8. The second-order valence-corrected chi connectivity index (χ2v) is 6.32. The summed E-state index contributed by atoms with van der Waals surface area (Å²) in [7, 11) is 0. The molecule has 22 heavy (non-hydrogen) atoms. The zero-order valence-corrected chi connectivity index (χ0v) is 12.9. The second kappa shape index (κ2) is 5.78. The van der Waals surface area contributed by atoms with Gasteiger partial charge in [-0.3, -0.25) is 0 Å². The smallest absolute Gasteiger partial charge is 0.0762 e. The summed E-state index contributed by atoms with van der Waals surface area (Å²) in [5.41, 5.74) is 4.77. The van der Waals surface area contributed by atoms with E-state index in [0.717, 1.165) is 12.2 Å². The van der Waals surface area contributed by atoms with Crippen LogP contribution in [0.25, 0.3) is 0 Å². The number of para-hydroxylation sites is 2. The maximum absolute atomic E-state index is 3.56. The first-order valence-electron chi connectivity index (χ1n) is 7.35. The van der Waals surface area contributed by atoms with Gasteiger partial charge in [0.15, 0.2) is 0 Å². The van der Waals surface area contributed by atoms with Crippen LogP contribution < -0.4 is 10.6 Å². The quantitative estimate of drug-likeness (QED) is 0.522. The summed E-state index contributed by atoms with van der Waals surface area (Å²) >= 11 is 1.82. The van der Waals surface area contributed by atoms with Gasteiger partial charge in [-0.25, -0.2) is 0 Å². The molecule has 2 nitrogen and oxygen atoms in total. The topological polar surface area (TPSA) is 24.1 Å². The molecule has 0 spiro atoms. The molecule has 3 aromatic carbocycles. The Balaban J connectivity index is 1.61. The van der Waals surface area contributed by atoms with Gasteiger partial charge in [0.1, 0.15) is 0 Å². The standard InChI is InChI=1S/C19H16N2S/c1-2-7-14(8-3-1)13-20-16-10-6-12-18-19(16)21-15-9-4-5-11-17(15)22-18/h1-12,20-21H,13H2. The van der Waals surface area contributed by atoms with E-state index in [0.29, 0.717) is 0 Å². The van der Waals surface area contributed by atoms with Gasteiger partial charge in [-0.05, 0) is 29.8 Å². The molecule has 0 saturated carbocycles. The molecule has 0 aliphatic carbocycles. The first-order valence-corrected chi connectivity index (χ1v) is 8.16. The van der Waals surface area contributed by atoms with Crippen molar-refractivity contribution >= 4 is 28.8 Å². The van der Waals surface area contributed by atoms with E-state index in [2.05, 4.69) is 77.4 Å². The Morgan fingerprint density at radius 1 is 0.773 bits per heavy atom. The Morgan fingerprint density at radius 3 is 2.45 bits per heavy atom. The normalized spacial score (nSPS) is 12.0. The molecule has 0 saturated heterocycles. The van der Waals surface area contributed by atoms with E-state index in [1.807, 2.05) is 17.8 Å². The minimum absolute atomic E-state index is 0.825. The summed E-state index contributed by atoms with van der Waals surface area (Å²) in [5, 5.41) is 7.11. The van der Waals surface area contributed by atoms with Gasteiger partial charge < -0.3 is 10.6 Å². The first-order chi connectivity index (χ1) is 10.9. The molecule has 4 rings (SSSR count). The third kappa shape index (κ3) is 2.55. The highest BCUT2D eigenvalue weighted by Crippen LogP contribution is 2.46. The number of hydrogen-bond donors (Lipinski definition) is 2. The number of benzene rings is 3. The molecule has 3 heteroatoms. The number of anilines is 3. The number of hydrogen-bond acceptors (Lipinski definition) is 3. The molecule has 2 N–H and O–H groups in total. The Labute approximate surface area is 134 Å². The van der Waals surface area contributed by atoms with E-state index in [1.54, 1.807) is 0 Å². The third-order valence-electron chi connectivity index (χ3n) is 3.72. The highest BCUT2D eigenvalue weighted by molar-refractivity contribution is 7.99. The second-order valence-electron chi connectivity index (χ2n) is 5.24. The molecule has 1 aliphatic heterocycles. The van der Waals surface area contributed by atoms with Crippen molar-refractivity contribution in [1.82, 2.24) is 0 Å². The monoisotopic (exact) mass is 304 g/mol. The minimum atomic E-state index is 0.825. The van der Waals surface area contributed by atoms with E-state index >= 15 is 0 Å². The molecule has 0 fully saturated rings. The fraction of sp³-hybridized carbons (Fsp3) is 0.0526. The zero-order valence-electron chi connectivity index (χ0n) is 12.0. The highest BCUT2D eigenvalue weighted by atomic mass is 32.2. The van der Waals surface area contributed by atoms with Gasteiger partial charge in [0.2, 0.25) is 0 Å². The molecular weight excluding hydrogens is 288 g/mol. The van der Waals surface area contributed by atoms with Crippen molar-refractivity contribution in [2.24, 2.45) is 0 Å². The van der Waals surface area contributed by atoms with Crippen LogP contribution in [0, 0.1) is 0 Å². The van der Waals surface area contributed by atoms with Crippen LogP contribution >= 0.6 is 11.8 Å². The maximum atomic E-state index is 3.56. The summed E-state index contributed by atoms with van der Waals surface area (Å²) in [6, 6.07) is 25.3. The lowest BCUT2D eigenvalue weighted by Gasteiger charge is -2.23. The van der Waals surface area contributed by atoms with Crippen LogP contribution in [0.5, 0.6) is 0 Å². The van der Waals surface area contributed by atoms with Gasteiger partial charge in [0.25, 0.3) is 0 Å². The van der Waals surface area contributed by atoms with Crippen molar-refractivity contribution in [2.75, 3.05) is 10.6 Å². The Bertz CT molecular complexity index is 800. The molecule has 0 atom stereocenters. The third-order valence-corrected chi connectivity index (χ3v) is 4.85. The summed E-state index contributed by atoms with van der Waals surface area (Å²) in [4.78, 5) is 2.53. The lowest BCUT2D eigenvalue weighted by Crippen LogP contribution is -2.06. The molecule has 1 heterocycles. The van der Waals surface area contributed by atoms with E-state index in [-0.39, 0.29) is 0 Å². The molecule has 0 bridgehead atoms. The first kappa shape index (κ1) is 13.3. The molecule has 0 amide bonds. The molecule has 0 aromatic heterocycles. The average Bonchev–Trinajstić information content (AvgIpc) is 2.59. The summed E-state index contributed by atoms with van der Waals surface area (Å²) in [6.07, 6.45) is 0. The van der Waals surface area contributed by atoms with Gasteiger partial charge in [0, 0.05) is 16.3 Å². The van der Waals surface area contributed by atoms with Gasteiger partial charge >= 0.3 is 0 Å². The van der Waals surface area contributed by atoms with Crippen molar-refractivity contribution in [1.29, 1.82) is 0 Å². The van der Waals surface area contributed by atoms with Crippen LogP contribution in [-0.2, 0) is 6.54 Å². The fourth-order valence-electron chi connectivity index (χ4n) is 2.60. The van der Waals surface area contributed by atoms with E-state index < -0.39 is 0 Å². The van der Waals surface area contributed by atoms with Crippen LogP contribution in [0.3, 0.4) is 0 Å². The molecule has 108 valence electrons. The minimum Gasteiger partial charge on any atom is -0.379 e. The lowest BCUT2D eigenvalue weighted by atomic mass is 10.2. The molecule has 1 aliphatic rings. The van der Waals surface area contributed by atoms with Crippen molar-refractivity contribution < 1.29 is 0 Å². The number of nitrogens with one attached hydrogen (secondary N) is 2. The molecule has 0 radical (unpaired) electrons. The Hall–Kier alpha value is -2.39. The summed E-state index contributed by atoms with van der Waals surface area (Å²) in [6.45, 7) is 0.825. The van der Waals surface area contributed by atoms with Crippen LogP contribution in [0.15, 0.2) is 82.6 Å². The molecule has 3 aromatic rings. The van der Waals surface area contributed by atoms with Gasteiger partial charge in [-0.2, -0.15) is 0 Å². The van der Waals surface area contributed by atoms with E-state index in [1.165, 1.54) is 26.7 Å². The van der Waals surface area contributed by atoms with Crippen LogP contribution in [0.1, 0.15) is 5.56 Å². The van der Waals surface area contributed by atoms with Gasteiger partial charge in [-0.15, -0.1) is 0 Å². The van der Waals surface area contributed by atoms with Crippen LogP contribution in [-0.4, -0.2) is 0 Å². The fourth-order valence-corrected chi connectivity index (χ4v) is 3.62. The largest absolute Gasteiger partial charge is 0.379 e. The lowest BCUT2D eigenvalue weighted by molar-refractivity contribution is 1.14. The van der Waals surface area contributed by atoms with Gasteiger partial charge in [0.05, 0.1) is 17.1 Å². The predicted molar refractivity (Wildman–Crippen MR) is 94.1 cm³/mol. The Morgan fingerprint density at radius 2 is 1.55 bits per heavy atom. The highest BCUT2D eigenvalue weighted by Gasteiger charge is 2.17.